The third kappa shape index (κ3) is 3.70. The van der Waals surface area contributed by atoms with Gasteiger partial charge in [-0.1, -0.05) is 15.5 Å². The molecule has 5 heterocycles. The number of aryl methyl sites for hydroxylation is 2. The van der Waals surface area contributed by atoms with Gasteiger partial charge in [-0.25, -0.2) is 4.52 Å². The summed E-state index contributed by atoms with van der Waals surface area (Å²) in [6.45, 7) is 11.3. The van der Waals surface area contributed by atoms with Crippen molar-refractivity contribution in [3.05, 3.63) is 59.0 Å². The van der Waals surface area contributed by atoms with Crippen LogP contribution in [0.5, 0.6) is 0 Å². The second-order valence-electron chi connectivity index (χ2n) is 8.63. The van der Waals surface area contributed by atoms with E-state index in [1.165, 1.54) is 5.57 Å². The van der Waals surface area contributed by atoms with Crippen molar-refractivity contribution in [2.45, 2.75) is 45.9 Å². The van der Waals surface area contributed by atoms with E-state index < -0.39 is 0 Å². The number of nitrogens with zero attached hydrogens (tertiary/aromatic N) is 5. The van der Waals surface area contributed by atoms with Gasteiger partial charge in [0.25, 0.3) is 5.91 Å². The van der Waals surface area contributed by atoms with Gasteiger partial charge >= 0.3 is 0 Å². The summed E-state index contributed by atoms with van der Waals surface area (Å²) in [5, 5.41) is 9.34. The Morgan fingerprint density at radius 3 is 2.90 bits per heavy atom. The van der Waals surface area contributed by atoms with E-state index >= 15 is 0 Å². The smallest absolute Gasteiger partial charge is 0.252 e. The predicted molar refractivity (Wildman–Crippen MR) is 125 cm³/mol. The van der Waals surface area contributed by atoms with Crippen LogP contribution in [0.25, 0.3) is 10.8 Å². The lowest BCUT2D eigenvalue weighted by molar-refractivity contribution is -0.124. The summed E-state index contributed by atoms with van der Waals surface area (Å²) >= 11 is 0. The number of piperazine rings is 1. The molecule has 2 aromatic heterocycles. The molecule has 7 nitrogen and oxygen atoms in total. The summed E-state index contributed by atoms with van der Waals surface area (Å²) in [7, 11) is 0.465. The molecular weight excluding hydrogens is 407 g/mol. The SMILES string of the molecule is CC[C@H]1CN(C2=CN3C(=O)C=C(c4cc5c(C)nc(C)cn5n4)PC3C(C)=C2)CCN1. The largest absolute Gasteiger partial charge is 0.368 e. The van der Waals surface area contributed by atoms with Crippen LogP contribution < -0.4 is 5.32 Å². The van der Waals surface area contributed by atoms with E-state index in [0.29, 0.717) is 14.6 Å². The van der Waals surface area contributed by atoms with Crippen LogP contribution in [-0.4, -0.2) is 61.8 Å². The average Bonchev–Trinajstić information content (AvgIpc) is 3.18. The van der Waals surface area contributed by atoms with Gasteiger partial charge in [0.15, 0.2) is 0 Å². The van der Waals surface area contributed by atoms with Crippen LogP contribution in [0, 0.1) is 13.8 Å². The van der Waals surface area contributed by atoms with Gasteiger partial charge in [0.1, 0.15) is 0 Å². The molecule has 162 valence electrons. The molecule has 3 aliphatic rings. The van der Waals surface area contributed by atoms with E-state index in [9.17, 15) is 4.79 Å². The van der Waals surface area contributed by atoms with Crippen molar-refractivity contribution >= 4 is 25.3 Å². The van der Waals surface area contributed by atoms with Crippen molar-refractivity contribution in [2.75, 3.05) is 19.6 Å². The van der Waals surface area contributed by atoms with E-state index in [4.69, 9.17) is 5.10 Å². The number of allylic oxidation sites excluding steroid dienone is 1. The first-order valence-corrected chi connectivity index (χ1v) is 12.0. The minimum Gasteiger partial charge on any atom is -0.368 e. The summed E-state index contributed by atoms with van der Waals surface area (Å²) in [6.07, 6.45) is 9.14. The zero-order valence-corrected chi connectivity index (χ0v) is 19.5. The maximum absolute atomic E-state index is 13.1. The molecule has 3 atom stereocenters. The molecule has 2 aromatic rings. The molecule has 2 unspecified atom stereocenters. The highest BCUT2D eigenvalue weighted by molar-refractivity contribution is 7.51. The Bertz CT molecular complexity index is 1150. The number of aromatic nitrogens is 3. The van der Waals surface area contributed by atoms with Gasteiger partial charge in [0.2, 0.25) is 0 Å². The van der Waals surface area contributed by atoms with Gasteiger partial charge in [0, 0.05) is 43.3 Å². The van der Waals surface area contributed by atoms with Gasteiger partial charge in [-0.15, -0.1) is 0 Å². The van der Waals surface area contributed by atoms with E-state index in [1.54, 1.807) is 6.08 Å². The summed E-state index contributed by atoms with van der Waals surface area (Å²) in [5.74, 6) is 0.112. The zero-order valence-electron chi connectivity index (χ0n) is 18.5. The van der Waals surface area contributed by atoms with Crippen LogP contribution >= 0.6 is 8.58 Å². The Hall–Kier alpha value is -2.50. The highest BCUT2D eigenvalue weighted by Gasteiger charge is 2.34. The molecule has 1 fully saturated rings. The molecule has 3 aliphatic heterocycles. The van der Waals surface area contributed by atoms with Crippen LogP contribution in [0.4, 0.5) is 0 Å². The van der Waals surface area contributed by atoms with Crippen molar-refractivity contribution in [1.29, 1.82) is 0 Å². The van der Waals surface area contributed by atoms with E-state index in [1.807, 2.05) is 29.5 Å². The van der Waals surface area contributed by atoms with Crippen molar-refractivity contribution in [2.24, 2.45) is 0 Å². The molecule has 1 saturated heterocycles. The summed E-state index contributed by atoms with van der Waals surface area (Å²) in [5.41, 5.74) is 6.13. The fourth-order valence-corrected chi connectivity index (χ4v) is 6.05. The number of fused-ring (bicyclic) bond motifs is 2. The van der Waals surface area contributed by atoms with Gasteiger partial charge < -0.3 is 15.1 Å². The highest BCUT2D eigenvalue weighted by Crippen LogP contribution is 2.47. The Balaban J connectivity index is 1.44. The first kappa shape index (κ1) is 20.4. The Morgan fingerprint density at radius 2 is 2.10 bits per heavy atom. The number of hydrogen-bond donors (Lipinski definition) is 1. The van der Waals surface area contributed by atoms with Crippen LogP contribution in [0.2, 0.25) is 0 Å². The van der Waals surface area contributed by atoms with E-state index in [-0.39, 0.29) is 11.7 Å². The lowest BCUT2D eigenvalue weighted by atomic mass is 10.1. The lowest BCUT2D eigenvalue weighted by Crippen LogP contribution is -2.50. The molecule has 31 heavy (non-hydrogen) atoms. The molecule has 8 heteroatoms. The number of nitrogens with one attached hydrogen (secondary N) is 1. The topological polar surface area (TPSA) is 65.8 Å². The molecule has 0 aliphatic carbocycles. The van der Waals surface area contributed by atoms with Gasteiger partial charge in [-0.2, -0.15) is 5.10 Å². The molecule has 1 amide bonds. The third-order valence-corrected chi connectivity index (χ3v) is 8.04. The fourth-order valence-electron chi connectivity index (χ4n) is 4.62. The molecular formula is C23H29N6OP. The maximum atomic E-state index is 13.1. The number of hydrogen-bond acceptors (Lipinski definition) is 5. The number of amides is 1. The molecule has 0 spiro atoms. The van der Waals surface area contributed by atoms with Crippen LogP contribution in [0.15, 0.2) is 41.9 Å². The summed E-state index contributed by atoms with van der Waals surface area (Å²) in [4.78, 5) is 22.0. The number of carbonyl (C=O) groups is 1. The second kappa shape index (κ2) is 7.88. The van der Waals surface area contributed by atoms with Gasteiger partial charge in [0.05, 0.1) is 40.3 Å². The number of carbonyl (C=O) groups excluding carboxylic acids is 1. The summed E-state index contributed by atoms with van der Waals surface area (Å²) in [6, 6.07) is 2.56. The van der Waals surface area contributed by atoms with Crippen LogP contribution in [-0.2, 0) is 4.79 Å². The standard InChI is InChI=1S/C23H29N6OP/c1-5-17-12-27(7-6-24-17)18-8-14(2)23-28(13-18)22(30)10-21(31-23)19-9-20-16(4)25-15(3)11-29(20)26-19/h8-11,13,17,23-24,31H,5-7,12H2,1-4H3/t17-,23?/m0/s1. The van der Waals surface area contributed by atoms with Crippen LogP contribution in [0.3, 0.4) is 0 Å². The number of rotatable bonds is 3. The normalized spacial score (nSPS) is 24.9. The van der Waals surface area contributed by atoms with Crippen molar-refractivity contribution in [3.8, 4) is 0 Å². The Kier molecular flexibility index (Phi) is 5.19. The van der Waals surface area contributed by atoms with Gasteiger partial charge in [-0.05, 0) is 44.9 Å². The molecule has 0 saturated carbocycles. The van der Waals surface area contributed by atoms with Crippen molar-refractivity contribution < 1.29 is 4.79 Å². The molecule has 0 aromatic carbocycles. The molecule has 0 radical (unpaired) electrons. The zero-order chi connectivity index (χ0) is 21.7. The monoisotopic (exact) mass is 436 g/mol. The van der Waals surface area contributed by atoms with Crippen molar-refractivity contribution in [3.63, 3.8) is 0 Å². The minimum absolute atomic E-state index is 0.0361. The maximum Gasteiger partial charge on any atom is 0.252 e. The third-order valence-electron chi connectivity index (χ3n) is 6.32. The molecule has 0 bridgehead atoms. The van der Waals surface area contributed by atoms with E-state index in [0.717, 1.165) is 59.7 Å². The minimum atomic E-state index is 0.0361. The Labute approximate surface area is 184 Å². The van der Waals surface area contributed by atoms with E-state index in [2.05, 4.69) is 47.4 Å². The first-order chi connectivity index (χ1) is 14.9. The summed E-state index contributed by atoms with van der Waals surface area (Å²) < 4.78 is 1.88. The fraction of sp³-hybridized carbons (Fsp3) is 0.435. The second-order valence-corrected chi connectivity index (χ2v) is 10.00. The quantitative estimate of drug-likeness (QED) is 0.750. The van der Waals surface area contributed by atoms with Gasteiger partial charge in [-0.3, -0.25) is 9.78 Å². The predicted octanol–water partition coefficient (Wildman–Crippen LogP) is 3.02. The van der Waals surface area contributed by atoms with Crippen molar-refractivity contribution in [1.82, 2.24) is 29.7 Å². The Morgan fingerprint density at radius 1 is 1.26 bits per heavy atom. The molecule has 5 rings (SSSR count). The highest BCUT2D eigenvalue weighted by atomic mass is 31.1. The molecule has 1 N–H and O–H groups in total. The first-order valence-electron chi connectivity index (χ1n) is 11.0. The van der Waals surface area contributed by atoms with Crippen LogP contribution in [0.1, 0.15) is 37.4 Å². The lowest BCUT2D eigenvalue weighted by Gasteiger charge is -2.41. The average molecular weight is 437 g/mol.